The smallest absolute Gasteiger partial charge is 0.354 e. The highest BCUT2D eigenvalue weighted by Gasteiger charge is 2.63. The highest BCUT2D eigenvalue weighted by atomic mass is 16.5. The third-order valence-electron chi connectivity index (χ3n) is 6.60. The number of carbonyl (C=O) groups excluding carboxylic acids is 3. The van der Waals surface area contributed by atoms with Gasteiger partial charge < -0.3 is 14.5 Å². The number of ether oxygens (including phenoxy) is 1. The zero-order valence-corrected chi connectivity index (χ0v) is 18.2. The molecule has 3 heterocycles. The molecule has 8 nitrogen and oxygen atoms in total. The molecule has 0 saturated carbocycles. The number of likely N-dealkylation sites (N-methyl/N-ethyl adjacent to an activating group) is 1. The van der Waals surface area contributed by atoms with E-state index in [1.165, 1.54) is 0 Å². The lowest BCUT2D eigenvalue weighted by molar-refractivity contribution is -0.135. The van der Waals surface area contributed by atoms with Gasteiger partial charge >= 0.3 is 5.97 Å². The lowest BCUT2D eigenvalue weighted by Crippen LogP contribution is -2.59. The average molecular weight is 432 g/mol. The van der Waals surface area contributed by atoms with Crippen LogP contribution in [0, 0.1) is 0 Å². The predicted molar refractivity (Wildman–Crippen MR) is 118 cm³/mol. The maximum Gasteiger partial charge on any atom is 0.354 e. The SMILES string of the molecule is CCOC(=O)C1=NN2c3ccccc3C(=O)N3[C@@H](N(C)C(=O)[C@@H]3C)[C@@]2(c2ccccc2)C1. The zero-order valence-electron chi connectivity index (χ0n) is 18.2. The number of amides is 2. The van der Waals surface area contributed by atoms with Crippen molar-refractivity contribution < 1.29 is 19.1 Å². The van der Waals surface area contributed by atoms with Crippen LogP contribution in [-0.4, -0.2) is 59.2 Å². The summed E-state index contributed by atoms with van der Waals surface area (Å²) in [4.78, 5) is 42.9. The van der Waals surface area contributed by atoms with Gasteiger partial charge in [0.25, 0.3) is 5.91 Å². The molecule has 0 spiro atoms. The van der Waals surface area contributed by atoms with E-state index < -0.39 is 23.7 Å². The molecular formula is C24H24N4O4. The molecule has 2 aromatic rings. The van der Waals surface area contributed by atoms with Crippen LogP contribution in [0.15, 0.2) is 59.7 Å². The number of rotatable bonds is 3. The molecule has 0 radical (unpaired) electrons. The second kappa shape index (κ2) is 7.19. The fraction of sp³-hybridized carbons (Fsp3) is 0.333. The van der Waals surface area contributed by atoms with Gasteiger partial charge in [0.1, 0.15) is 23.5 Å². The molecule has 3 aliphatic heterocycles. The van der Waals surface area contributed by atoms with Crippen LogP contribution in [0.25, 0.3) is 0 Å². The van der Waals surface area contributed by atoms with Crippen LogP contribution >= 0.6 is 0 Å². The quantitative estimate of drug-likeness (QED) is 0.696. The summed E-state index contributed by atoms with van der Waals surface area (Å²) in [5.74, 6) is -0.873. The average Bonchev–Trinajstić information content (AvgIpc) is 3.29. The van der Waals surface area contributed by atoms with E-state index in [-0.39, 0.29) is 30.6 Å². The molecule has 3 aliphatic rings. The first kappa shape index (κ1) is 20.2. The Morgan fingerprint density at radius 3 is 2.53 bits per heavy atom. The standard InChI is InChI=1S/C24H24N4O4/c1-4-32-22(31)18-14-24(16-10-6-5-7-11-16)23-26(3)20(29)15(2)27(23)21(30)17-12-8-9-13-19(17)28(24)25-18/h5-13,15,23H,4,14H2,1-3H3/t15-,23+,24-/m0/s1. The lowest BCUT2D eigenvalue weighted by atomic mass is 9.81. The maximum atomic E-state index is 13.7. The Labute approximate surface area is 186 Å². The summed E-state index contributed by atoms with van der Waals surface area (Å²) in [6, 6.07) is 16.2. The number of fused-ring (bicyclic) bond motifs is 5. The van der Waals surface area contributed by atoms with Crippen molar-refractivity contribution in [3.8, 4) is 0 Å². The second-order valence-corrected chi connectivity index (χ2v) is 8.27. The minimum atomic E-state index is -0.985. The fourth-order valence-electron chi connectivity index (χ4n) is 5.22. The van der Waals surface area contributed by atoms with Gasteiger partial charge in [0.05, 0.1) is 17.9 Å². The van der Waals surface area contributed by atoms with Gasteiger partial charge in [0.2, 0.25) is 5.91 Å². The van der Waals surface area contributed by atoms with Crippen molar-refractivity contribution in [3.05, 3.63) is 65.7 Å². The van der Waals surface area contributed by atoms with Gasteiger partial charge in [-0.3, -0.25) is 9.59 Å². The van der Waals surface area contributed by atoms with Crippen LogP contribution in [0.2, 0.25) is 0 Å². The highest BCUT2D eigenvalue weighted by molar-refractivity contribution is 6.37. The van der Waals surface area contributed by atoms with Gasteiger partial charge in [-0.2, -0.15) is 5.10 Å². The predicted octanol–water partition coefficient (Wildman–Crippen LogP) is 2.35. The van der Waals surface area contributed by atoms with Crippen LogP contribution in [0.1, 0.15) is 36.2 Å². The summed E-state index contributed by atoms with van der Waals surface area (Å²) >= 11 is 0. The number of carbonyl (C=O) groups is 3. The molecule has 5 rings (SSSR count). The molecule has 3 atom stereocenters. The van der Waals surface area contributed by atoms with E-state index in [1.54, 1.807) is 47.8 Å². The summed E-state index contributed by atoms with van der Waals surface area (Å²) in [6.45, 7) is 3.73. The van der Waals surface area contributed by atoms with Crippen LogP contribution in [0.3, 0.4) is 0 Å². The van der Waals surface area contributed by atoms with Crippen LogP contribution in [-0.2, 0) is 19.9 Å². The number of benzene rings is 2. The molecule has 0 N–H and O–H groups in total. The monoisotopic (exact) mass is 432 g/mol. The molecule has 0 aromatic heterocycles. The van der Waals surface area contributed by atoms with Crippen molar-refractivity contribution in [1.29, 1.82) is 0 Å². The Morgan fingerprint density at radius 2 is 1.81 bits per heavy atom. The van der Waals surface area contributed by atoms with E-state index >= 15 is 0 Å². The topological polar surface area (TPSA) is 82.5 Å². The normalized spacial score (nSPS) is 26.3. The van der Waals surface area contributed by atoms with E-state index in [4.69, 9.17) is 9.84 Å². The molecular weight excluding hydrogens is 408 g/mol. The van der Waals surface area contributed by atoms with E-state index in [2.05, 4.69) is 0 Å². The first-order chi connectivity index (χ1) is 15.4. The van der Waals surface area contributed by atoms with E-state index in [1.807, 2.05) is 42.5 Å². The summed E-state index contributed by atoms with van der Waals surface area (Å²) in [5.41, 5.74) is 1.18. The number of hydrazone groups is 1. The minimum absolute atomic E-state index is 0.150. The van der Waals surface area contributed by atoms with Gasteiger partial charge in [-0.1, -0.05) is 42.5 Å². The van der Waals surface area contributed by atoms with Crippen molar-refractivity contribution in [3.63, 3.8) is 0 Å². The fourth-order valence-corrected chi connectivity index (χ4v) is 5.22. The Hall–Kier alpha value is -3.68. The highest BCUT2D eigenvalue weighted by Crippen LogP contribution is 2.51. The molecule has 0 unspecified atom stereocenters. The van der Waals surface area contributed by atoms with Crippen molar-refractivity contribution >= 4 is 29.2 Å². The van der Waals surface area contributed by atoms with Crippen LogP contribution < -0.4 is 5.01 Å². The minimum Gasteiger partial charge on any atom is -0.461 e. The van der Waals surface area contributed by atoms with Gasteiger partial charge in [0.15, 0.2) is 0 Å². The van der Waals surface area contributed by atoms with Crippen LogP contribution in [0.4, 0.5) is 5.69 Å². The Morgan fingerprint density at radius 1 is 1.12 bits per heavy atom. The number of esters is 1. The van der Waals surface area contributed by atoms with Crippen LogP contribution in [0.5, 0.6) is 0 Å². The van der Waals surface area contributed by atoms with E-state index in [0.29, 0.717) is 11.3 Å². The zero-order chi connectivity index (χ0) is 22.6. The summed E-state index contributed by atoms with van der Waals surface area (Å²) in [5, 5.41) is 6.47. The number of nitrogens with zero attached hydrogens (tertiary/aromatic N) is 4. The summed E-state index contributed by atoms with van der Waals surface area (Å²) in [6.07, 6.45) is -0.467. The number of para-hydroxylation sites is 1. The van der Waals surface area contributed by atoms with Crippen molar-refractivity contribution in [2.24, 2.45) is 5.10 Å². The second-order valence-electron chi connectivity index (χ2n) is 8.27. The third-order valence-corrected chi connectivity index (χ3v) is 6.60. The maximum absolute atomic E-state index is 13.7. The molecule has 164 valence electrons. The Bertz CT molecular complexity index is 1150. The molecule has 0 aliphatic carbocycles. The molecule has 1 saturated heterocycles. The number of anilines is 1. The summed E-state index contributed by atoms with van der Waals surface area (Å²) in [7, 11) is 1.71. The molecule has 2 aromatic carbocycles. The van der Waals surface area contributed by atoms with Gasteiger partial charge in [-0.25, -0.2) is 9.80 Å². The van der Waals surface area contributed by atoms with Gasteiger partial charge in [-0.05, 0) is 31.5 Å². The first-order valence-electron chi connectivity index (χ1n) is 10.7. The van der Waals surface area contributed by atoms with Gasteiger partial charge in [0, 0.05) is 13.5 Å². The molecule has 0 bridgehead atoms. The molecule has 2 amide bonds. The van der Waals surface area contributed by atoms with Gasteiger partial charge in [-0.15, -0.1) is 0 Å². The largest absolute Gasteiger partial charge is 0.461 e. The van der Waals surface area contributed by atoms with E-state index in [9.17, 15) is 14.4 Å². The van der Waals surface area contributed by atoms with Crippen molar-refractivity contribution in [1.82, 2.24) is 9.80 Å². The summed E-state index contributed by atoms with van der Waals surface area (Å²) < 4.78 is 5.28. The third kappa shape index (κ3) is 2.55. The molecule has 1 fully saturated rings. The van der Waals surface area contributed by atoms with E-state index in [0.717, 1.165) is 5.56 Å². The molecule has 32 heavy (non-hydrogen) atoms. The van der Waals surface area contributed by atoms with Crippen molar-refractivity contribution in [2.45, 2.75) is 38.0 Å². The lowest BCUT2D eigenvalue weighted by Gasteiger charge is -2.45. The number of hydrogen-bond donors (Lipinski definition) is 0. The Kier molecular flexibility index (Phi) is 4.54. The number of hydrogen-bond acceptors (Lipinski definition) is 6. The Balaban J connectivity index is 1.83. The molecule has 8 heteroatoms. The van der Waals surface area contributed by atoms with Crippen molar-refractivity contribution in [2.75, 3.05) is 18.7 Å². The first-order valence-corrected chi connectivity index (χ1v) is 10.7.